The van der Waals surface area contributed by atoms with Gasteiger partial charge in [-0.1, -0.05) is 50.1 Å². The molecule has 0 saturated carbocycles. The minimum absolute atomic E-state index is 0.0714. The molecular weight excluding hydrogens is 312 g/mol. The van der Waals surface area contributed by atoms with Gasteiger partial charge in [0.2, 0.25) is 0 Å². The molecule has 0 bridgehead atoms. The number of aromatic nitrogens is 2. The summed E-state index contributed by atoms with van der Waals surface area (Å²) in [5.41, 5.74) is 1.54. The second-order valence-corrected chi connectivity index (χ2v) is 6.43. The smallest absolute Gasteiger partial charge is 0.273 e. The fourth-order valence-electron chi connectivity index (χ4n) is 2.58. The van der Waals surface area contributed by atoms with Gasteiger partial charge >= 0.3 is 0 Å². The van der Waals surface area contributed by atoms with Crippen molar-refractivity contribution in [2.75, 3.05) is 11.9 Å². The summed E-state index contributed by atoms with van der Waals surface area (Å²) in [5, 5.41) is 3.27. The first-order chi connectivity index (χ1) is 12.1. The summed E-state index contributed by atoms with van der Waals surface area (Å²) >= 11 is 0. The predicted octanol–water partition coefficient (Wildman–Crippen LogP) is 4.13. The lowest BCUT2D eigenvalue weighted by atomic mass is 10.1. The second-order valence-electron chi connectivity index (χ2n) is 6.43. The van der Waals surface area contributed by atoms with E-state index in [2.05, 4.69) is 22.2 Å². The zero-order valence-corrected chi connectivity index (χ0v) is 15.4. The topological polar surface area (TPSA) is 58.1 Å². The number of carbonyl (C=O) groups is 1. The van der Waals surface area contributed by atoms with Gasteiger partial charge < -0.3 is 10.2 Å². The van der Waals surface area contributed by atoms with E-state index in [1.165, 1.54) is 19.2 Å². The predicted molar refractivity (Wildman–Crippen MR) is 101 cm³/mol. The Hall–Kier alpha value is -2.43. The van der Waals surface area contributed by atoms with Crippen molar-refractivity contribution in [1.29, 1.82) is 0 Å². The summed E-state index contributed by atoms with van der Waals surface area (Å²) < 4.78 is 0. The van der Waals surface area contributed by atoms with Crippen LogP contribution in [0.2, 0.25) is 0 Å². The van der Waals surface area contributed by atoms with Gasteiger partial charge in [0.15, 0.2) is 0 Å². The van der Waals surface area contributed by atoms with E-state index in [1.807, 2.05) is 49.1 Å². The number of unbranched alkanes of at least 4 members (excludes halogenated alkanes) is 2. The van der Waals surface area contributed by atoms with Crippen LogP contribution in [0.25, 0.3) is 0 Å². The molecule has 0 saturated heterocycles. The van der Waals surface area contributed by atoms with Gasteiger partial charge in [0, 0.05) is 25.2 Å². The Morgan fingerprint density at radius 3 is 2.60 bits per heavy atom. The molecule has 0 atom stereocenters. The van der Waals surface area contributed by atoms with Crippen molar-refractivity contribution in [3.05, 3.63) is 54.0 Å². The van der Waals surface area contributed by atoms with Gasteiger partial charge in [0.1, 0.15) is 17.8 Å². The maximum Gasteiger partial charge on any atom is 0.273 e. The van der Waals surface area contributed by atoms with Gasteiger partial charge in [-0.15, -0.1) is 0 Å². The summed E-state index contributed by atoms with van der Waals surface area (Å²) in [6, 6.07) is 11.8. The molecule has 1 aromatic carbocycles. The van der Waals surface area contributed by atoms with Gasteiger partial charge in [0.05, 0.1) is 0 Å². The van der Waals surface area contributed by atoms with Crippen LogP contribution in [0.1, 0.15) is 56.1 Å². The lowest BCUT2D eigenvalue weighted by Crippen LogP contribution is -2.37. The molecule has 0 unspecified atom stereocenters. The first kappa shape index (κ1) is 18.9. The van der Waals surface area contributed by atoms with Gasteiger partial charge in [-0.3, -0.25) is 4.79 Å². The van der Waals surface area contributed by atoms with E-state index in [9.17, 15) is 4.79 Å². The highest BCUT2D eigenvalue weighted by molar-refractivity contribution is 5.93. The molecule has 5 nitrogen and oxygen atoms in total. The molecular formula is C20H28N4O. The molecule has 0 spiro atoms. The van der Waals surface area contributed by atoms with E-state index in [0.717, 1.165) is 18.5 Å². The van der Waals surface area contributed by atoms with Crippen LogP contribution in [0.4, 0.5) is 5.82 Å². The molecule has 1 amide bonds. The highest BCUT2D eigenvalue weighted by Crippen LogP contribution is 2.14. The number of amides is 1. The van der Waals surface area contributed by atoms with Gasteiger partial charge in [-0.2, -0.15) is 0 Å². The van der Waals surface area contributed by atoms with E-state index in [-0.39, 0.29) is 11.9 Å². The number of nitrogens with zero attached hydrogens (tertiary/aromatic N) is 3. The molecule has 0 aliphatic rings. The zero-order valence-electron chi connectivity index (χ0n) is 15.4. The summed E-state index contributed by atoms with van der Waals surface area (Å²) in [4.78, 5) is 23.2. The first-order valence-corrected chi connectivity index (χ1v) is 9.02. The number of hydrogen-bond acceptors (Lipinski definition) is 4. The monoisotopic (exact) mass is 340 g/mol. The van der Waals surface area contributed by atoms with Crippen LogP contribution >= 0.6 is 0 Å². The molecule has 0 aliphatic carbocycles. The molecule has 2 aromatic rings. The fourth-order valence-corrected chi connectivity index (χ4v) is 2.58. The van der Waals surface area contributed by atoms with Crippen LogP contribution in [0.3, 0.4) is 0 Å². The van der Waals surface area contributed by atoms with E-state index >= 15 is 0 Å². The average Bonchev–Trinajstić information content (AvgIpc) is 2.63. The molecule has 0 aliphatic heterocycles. The minimum atomic E-state index is -0.0714. The Balaban J connectivity index is 2.08. The Labute approximate surface area is 150 Å². The normalized spacial score (nSPS) is 10.7. The largest absolute Gasteiger partial charge is 0.370 e. The molecule has 1 heterocycles. The Kier molecular flexibility index (Phi) is 7.38. The van der Waals surface area contributed by atoms with Gasteiger partial charge in [-0.25, -0.2) is 9.97 Å². The first-order valence-electron chi connectivity index (χ1n) is 9.02. The van der Waals surface area contributed by atoms with Crippen molar-refractivity contribution in [2.45, 2.75) is 52.6 Å². The van der Waals surface area contributed by atoms with Crippen molar-refractivity contribution in [1.82, 2.24) is 14.9 Å². The number of benzene rings is 1. The van der Waals surface area contributed by atoms with Crippen molar-refractivity contribution in [3.63, 3.8) is 0 Å². The third-order valence-corrected chi connectivity index (χ3v) is 4.05. The standard InChI is InChI=1S/C20H28N4O/c1-4-5-9-12-21-19-13-18(22-15-23-19)20(25)24(16(2)3)14-17-10-7-6-8-11-17/h6-8,10-11,13,15-16H,4-5,9,12,14H2,1-3H3,(H,21,22,23). The maximum atomic E-state index is 12.9. The summed E-state index contributed by atoms with van der Waals surface area (Å²) in [6.45, 7) is 7.64. The van der Waals surface area contributed by atoms with Crippen molar-refractivity contribution in [2.24, 2.45) is 0 Å². The fraction of sp³-hybridized carbons (Fsp3) is 0.450. The van der Waals surface area contributed by atoms with Crippen LogP contribution in [0.15, 0.2) is 42.7 Å². The SMILES string of the molecule is CCCCCNc1cc(C(=O)N(Cc2ccccc2)C(C)C)ncn1. The highest BCUT2D eigenvalue weighted by Gasteiger charge is 2.20. The van der Waals surface area contributed by atoms with Crippen LogP contribution in [0.5, 0.6) is 0 Å². The van der Waals surface area contributed by atoms with E-state index in [0.29, 0.717) is 18.1 Å². The molecule has 1 aromatic heterocycles. The number of hydrogen-bond donors (Lipinski definition) is 1. The third-order valence-electron chi connectivity index (χ3n) is 4.05. The quantitative estimate of drug-likeness (QED) is 0.697. The Morgan fingerprint density at radius 2 is 1.92 bits per heavy atom. The van der Waals surface area contributed by atoms with E-state index in [4.69, 9.17) is 0 Å². The van der Waals surface area contributed by atoms with Crippen molar-refractivity contribution >= 4 is 11.7 Å². The number of nitrogens with one attached hydrogen (secondary N) is 1. The molecule has 25 heavy (non-hydrogen) atoms. The summed E-state index contributed by atoms with van der Waals surface area (Å²) in [7, 11) is 0. The maximum absolute atomic E-state index is 12.9. The number of carbonyl (C=O) groups excluding carboxylic acids is 1. The lowest BCUT2D eigenvalue weighted by molar-refractivity contribution is 0.0684. The summed E-state index contributed by atoms with van der Waals surface area (Å²) in [6.07, 6.45) is 4.91. The molecule has 134 valence electrons. The van der Waals surface area contributed by atoms with Crippen LogP contribution < -0.4 is 5.32 Å². The average molecular weight is 340 g/mol. The molecule has 0 radical (unpaired) electrons. The van der Waals surface area contributed by atoms with Crippen LogP contribution in [-0.2, 0) is 6.54 Å². The second kappa shape index (κ2) is 9.77. The van der Waals surface area contributed by atoms with E-state index < -0.39 is 0 Å². The van der Waals surface area contributed by atoms with Crippen LogP contribution in [-0.4, -0.2) is 33.4 Å². The highest BCUT2D eigenvalue weighted by atomic mass is 16.2. The van der Waals surface area contributed by atoms with Crippen molar-refractivity contribution in [3.8, 4) is 0 Å². The Bertz CT molecular complexity index is 658. The molecule has 5 heteroatoms. The number of anilines is 1. The van der Waals surface area contributed by atoms with Gasteiger partial charge in [-0.05, 0) is 25.8 Å². The zero-order chi connectivity index (χ0) is 18.1. The van der Waals surface area contributed by atoms with Gasteiger partial charge in [0.25, 0.3) is 5.91 Å². The van der Waals surface area contributed by atoms with E-state index in [1.54, 1.807) is 6.07 Å². The molecule has 2 rings (SSSR count). The number of rotatable bonds is 9. The lowest BCUT2D eigenvalue weighted by Gasteiger charge is -2.26. The molecule has 0 fully saturated rings. The Morgan fingerprint density at radius 1 is 1.16 bits per heavy atom. The van der Waals surface area contributed by atoms with Crippen LogP contribution in [0, 0.1) is 0 Å². The minimum Gasteiger partial charge on any atom is -0.370 e. The third kappa shape index (κ3) is 5.85. The summed E-state index contributed by atoms with van der Waals surface area (Å²) in [5.74, 6) is 0.635. The van der Waals surface area contributed by atoms with Crippen molar-refractivity contribution < 1.29 is 4.79 Å². The molecule has 1 N–H and O–H groups in total.